The molecule has 0 aliphatic carbocycles. The Morgan fingerprint density at radius 2 is 1.89 bits per heavy atom. The summed E-state index contributed by atoms with van der Waals surface area (Å²) in [4.78, 5) is 22.6. The van der Waals surface area contributed by atoms with E-state index in [0.29, 0.717) is 17.0 Å². The second kappa shape index (κ2) is 7.80. The van der Waals surface area contributed by atoms with E-state index in [1.165, 1.54) is 18.2 Å². The molecule has 0 unspecified atom stereocenters. The topological polar surface area (TPSA) is 109 Å². The van der Waals surface area contributed by atoms with Gasteiger partial charge < -0.3 is 9.73 Å². The van der Waals surface area contributed by atoms with Crippen molar-refractivity contribution in [3.05, 3.63) is 88.2 Å². The third kappa shape index (κ3) is 4.27. The molecule has 0 fully saturated rings. The Labute approximate surface area is 154 Å². The molecular weight excluding hydrogens is 346 g/mol. The molecule has 0 bridgehead atoms. The number of nitro groups is 1. The third-order valence-corrected chi connectivity index (χ3v) is 3.65. The average Bonchev–Trinajstić information content (AvgIpc) is 3.15. The summed E-state index contributed by atoms with van der Waals surface area (Å²) >= 11 is 0. The summed E-state index contributed by atoms with van der Waals surface area (Å²) in [5.74, 6) is 0.124. The van der Waals surface area contributed by atoms with Crippen molar-refractivity contribution in [1.82, 2.24) is 0 Å². The van der Waals surface area contributed by atoms with Crippen molar-refractivity contribution in [2.75, 3.05) is 5.32 Å². The van der Waals surface area contributed by atoms with E-state index < -0.39 is 10.8 Å². The Kier molecular flexibility index (Phi) is 5.10. The van der Waals surface area contributed by atoms with E-state index >= 15 is 0 Å². The lowest BCUT2D eigenvalue weighted by Gasteiger charge is -2.03. The Bertz CT molecular complexity index is 1060. The molecule has 27 heavy (non-hydrogen) atoms. The minimum atomic E-state index is -0.558. The SMILES string of the molecule is N#C/C(=C/c1ccc(-c2cccc([N+](=O)[O-])c2)o1)C(=O)Nc1ccccc1. The lowest BCUT2D eigenvalue weighted by atomic mass is 10.1. The molecule has 0 spiro atoms. The molecule has 0 aliphatic rings. The maximum absolute atomic E-state index is 12.2. The molecule has 0 atom stereocenters. The zero-order chi connectivity index (χ0) is 19.2. The molecule has 0 radical (unpaired) electrons. The van der Waals surface area contributed by atoms with Gasteiger partial charge in [0.25, 0.3) is 11.6 Å². The first-order valence-electron chi connectivity index (χ1n) is 7.89. The highest BCUT2D eigenvalue weighted by Gasteiger charge is 2.13. The molecule has 7 heteroatoms. The highest BCUT2D eigenvalue weighted by Crippen LogP contribution is 2.26. The van der Waals surface area contributed by atoms with Gasteiger partial charge in [0, 0.05) is 29.5 Å². The summed E-state index contributed by atoms with van der Waals surface area (Å²) in [6.45, 7) is 0. The lowest BCUT2D eigenvalue weighted by molar-refractivity contribution is -0.384. The van der Waals surface area contributed by atoms with E-state index in [4.69, 9.17) is 4.42 Å². The minimum absolute atomic E-state index is 0.0547. The predicted octanol–water partition coefficient (Wildman–Crippen LogP) is 4.40. The molecule has 132 valence electrons. The number of amides is 1. The molecule has 3 aromatic rings. The standard InChI is InChI=1S/C20H13N3O4/c21-13-15(20(24)22-16-6-2-1-3-7-16)12-18-9-10-19(27-18)14-5-4-8-17(11-14)23(25)26/h1-12H,(H,22,24)/b15-12-. The second-order valence-electron chi connectivity index (χ2n) is 5.50. The van der Waals surface area contributed by atoms with E-state index in [-0.39, 0.29) is 17.0 Å². The first kappa shape index (κ1) is 17.6. The van der Waals surface area contributed by atoms with Crippen molar-refractivity contribution in [3.63, 3.8) is 0 Å². The molecular formula is C20H13N3O4. The number of furan rings is 1. The van der Waals surface area contributed by atoms with Crippen LogP contribution in [-0.4, -0.2) is 10.8 Å². The smallest absolute Gasteiger partial charge is 0.270 e. The number of rotatable bonds is 5. The van der Waals surface area contributed by atoms with Gasteiger partial charge in [-0.15, -0.1) is 0 Å². The van der Waals surface area contributed by atoms with Crippen LogP contribution in [0.15, 0.2) is 76.7 Å². The molecule has 0 saturated carbocycles. The summed E-state index contributed by atoms with van der Waals surface area (Å²) in [7, 11) is 0. The zero-order valence-electron chi connectivity index (χ0n) is 14.0. The van der Waals surface area contributed by atoms with Crippen LogP contribution in [0.5, 0.6) is 0 Å². The number of carbonyl (C=O) groups excluding carboxylic acids is 1. The predicted molar refractivity (Wildman–Crippen MR) is 99.5 cm³/mol. The molecule has 1 heterocycles. The van der Waals surface area contributed by atoms with Crippen molar-refractivity contribution in [1.29, 1.82) is 5.26 Å². The lowest BCUT2D eigenvalue weighted by Crippen LogP contribution is -2.13. The van der Waals surface area contributed by atoms with Crippen molar-refractivity contribution in [3.8, 4) is 17.4 Å². The van der Waals surface area contributed by atoms with E-state index in [1.807, 2.05) is 12.1 Å². The number of carbonyl (C=O) groups is 1. The van der Waals surface area contributed by atoms with Crippen LogP contribution in [-0.2, 0) is 4.79 Å². The maximum atomic E-state index is 12.2. The molecule has 0 aliphatic heterocycles. The summed E-state index contributed by atoms with van der Waals surface area (Å²) in [6, 6.07) is 19.8. The number of hydrogen-bond acceptors (Lipinski definition) is 5. The quantitative estimate of drug-likeness (QED) is 0.314. The molecule has 0 saturated heterocycles. The van der Waals surface area contributed by atoms with E-state index in [2.05, 4.69) is 5.32 Å². The normalized spacial score (nSPS) is 10.9. The van der Waals surface area contributed by atoms with Crippen molar-refractivity contribution in [2.45, 2.75) is 0 Å². The van der Waals surface area contributed by atoms with Gasteiger partial charge in [-0.3, -0.25) is 14.9 Å². The number of nitrogens with zero attached hydrogens (tertiary/aromatic N) is 2. The molecule has 7 nitrogen and oxygen atoms in total. The van der Waals surface area contributed by atoms with Crippen LogP contribution in [0, 0.1) is 21.4 Å². The van der Waals surface area contributed by atoms with Crippen molar-refractivity contribution >= 4 is 23.4 Å². The number of hydrogen-bond donors (Lipinski definition) is 1. The van der Waals surface area contributed by atoms with Crippen LogP contribution in [0.3, 0.4) is 0 Å². The van der Waals surface area contributed by atoms with Crippen LogP contribution in [0.4, 0.5) is 11.4 Å². The fraction of sp³-hybridized carbons (Fsp3) is 0. The Hall–Kier alpha value is -4.18. The highest BCUT2D eigenvalue weighted by atomic mass is 16.6. The van der Waals surface area contributed by atoms with Crippen LogP contribution in [0.1, 0.15) is 5.76 Å². The van der Waals surface area contributed by atoms with Crippen LogP contribution >= 0.6 is 0 Å². The van der Waals surface area contributed by atoms with Crippen LogP contribution in [0.2, 0.25) is 0 Å². The monoisotopic (exact) mass is 359 g/mol. The van der Waals surface area contributed by atoms with Gasteiger partial charge in [-0.25, -0.2) is 0 Å². The summed E-state index contributed by atoms with van der Waals surface area (Å²) in [6.07, 6.45) is 1.32. The van der Waals surface area contributed by atoms with Gasteiger partial charge in [0.2, 0.25) is 0 Å². The summed E-state index contributed by atoms with van der Waals surface area (Å²) < 4.78 is 5.61. The van der Waals surface area contributed by atoms with Gasteiger partial charge >= 0.3 is 0 Å². The number of nitrogens with one attached hydrogen (secondary N) is 1. The molecule has 1 amide bonds. The molecule has 3 rings (SSSR count). The van der Waals surface area contributed by atoms with Gasteiger partial charge in [0.05, 0.1) is 4.92 Å². The largest absolute Gasteiger partial charge is 0.457 e. The maximum Gasteiger partial charge on any atom is 0.270 e. The summed E-state index contributed by atoms with van der Waals surface area (Å²) in [5, 5.41) is 22.8. The van der Waals surface area contributed by atoms with E-state index in [1.54, 1.807) is 48.5 Å². The molecule has 1 N–H and O–H groups in total. The van der Waals surface area contributed by atoms with Gasteiger partial charge in [-0.1, -0.05) is 30.3 Å². The molecule has 1 aromatic heterocycles. The fourth-order valence-electron chi connectivity index (χ4n) is 2.37. The second-order valence-corrected chi connectivity index (χ2v) is 5.50. The Morgan fingerprint density at radius 1 is 1.11 bits per heavy atom. The van der Waals surface area contributed by atoms with Crippen molar-refractivity contribution < 1.29 is 14.1 Å². The van der Waals surface area contributed by atoms with Crippen LogP contribution in [0.25, 0.3) is 17.4 Å². The first-order valence-corrected chi connectivity index (χ1v) is 7.89. The van der Waals surface area contributed by atoms with E-state index in [0.717, 1.165) is 0 Å². The number of benzene rings is 2. The first-order chi connectivity index (χ1) is 13.1. The van der Waals surface area contributed by atoms with Crippen molar-refractivity contribution in [2.24, 2.45) is 0 Å². The highest BCUT2D eigenvalue weighted by molar-refractivity contribution is 6.09. The number of nitro benzene ring substituents is 1. The number of anilines is 1. The average molecular weight is 359 g/mol. The minimum Gasteiger partial charge on any atom is -0.457 e. The fourth-order valence-corrected chi connectivity index (χ4v) is 2.37. The van der Waals surface area contributed by atoms with Crippen LogP contribution < -0.4 is 5.32 Å². The Balaban J connectivity index is 1.82. The summed E-state index contributed by atoms with van der Waals surface area (Å²) in [5.41, 5.74) is 0.913. The van der Waals surface area contributed by atoms with Gasteiger partial charge in [-0.05, 0) is 24.3 Å². The van der Waals surface area contributed by atoms with E-state index in [9.17, 15) is 20.2 Å². The molecule has 2 aromatic carbocycles. The van der Waals surface area contributed by atoms with Gasteiger partial charge in [-0.2, -0.15) is 5.26 Å². The Morgan fingerprint density at radius 3 is 2.59 bits per heavy atom. The zero-order valence-corrected chi connectivity index (χ0v) is 14.0. The third-order valence-electron chi connectivity index (χ3n) is 3.65. The number of non-ortho nitro benzene ring substituents is 1. The number of para-hydroxylation sites is 1. The van der Waals surface area contributed by atoms with Gasteiger partial charge in [0.15, 0.2) is 0 Å². The van der Waals surface area contributed by atoms with Gasteiger partial charge in [0.1, 0.15) is 23.2 Å². The number of nitriles is 1.